The first-order valence-electron chi connectivity index (χ1n) is 10.6. The van der Waals surface area contributed by atoms with Crippen LogP contribution >= 0.6 is 0 Å². The van der Waals surface area contributed by atoms with E-state index >= 15 is 0 Å². The number of benzene rings is 2. The molecule has 2 N–H and O–H groups in total. The highest BCUT2D eigenvalue weighted by atomic mass is 32.2. The van der Waals surface area contributed by atoms with Crippen molar-refractivity contribution in [3.05, 3.63) is 54.1 Å². The van der Waals surface area contributed by atoms with Crippen molar-refractivity contribution in [3.63, 3.8) is 0 Å². The van der Waals surface area contributed by atoms with Crippen molar-refractivity contribution in [3.8, 4) is 5.75 Å². The maximum absolute atomic E-state index is 11.3. The third-order valence-electron chi connectivity index (χ3n) is 5.22. The van der Waals surface area contributed by atoms with Gasteiger partial charge in [-0.25, -0.2) is 16.8 Å². The van der Waals surface area contributed by atoms with Gasteiger partial charge in [-0.1, -0.05) is 12.1 Å². The van der Waals surface area contributed by atoms with Gasteiger partial charge in [-0.15, -0.1) is 0 Å². The summed E-state index contributed by atoms with van der Waals surface area (Å²) in [4.78, 5) is 2.44. The first-order chi connectivity index (χ1) is 15.1. The largest absolute Gasteiger partial charge is 0.493 e. The van der Waals surface area contributed by atoms with E-state index in [-0.39, 0.29) is 0 Å². The Morgan fingerprint density at radius 2 is 1.47 bits per heavy atom. The maximum atomic E-state index is 11.3. The Bertz CT molecular complexity index is 998. The predicted molar refractivity (Wildman–Crippen MR) is 128 cm³/mol. The molecule has 0 bridgehead atoms. The Hall–Kier alpha value is -2.30. The smallest absolute Gasteiger partial charge is 0.229 e. The van der Waals surface area contributed by atoms with E-state index in [9.17, 15) is 16.8 Å². The van der Waals surface area contributed by atoms with E-state index in [1.54, 1.807) is 36.4 Å². The zero-order valence-corrected chi connectivity index (χ0v) is 20.1. The van der Waals surface area contributed by atoms with Crippen LogP contribution in [-0.4, -0.2) is 60.5 Å². The van der Waals surface area contributed by atoms with Gasteiger partial charge < -0.3 is 9.64 Å². The van der Waals surface area contributed by atoms with Gasteiger partial charge in [0.1, 0.15) is 5.75 Å². The van der Waals surface area contributed by atoms with Crippen LogP contribution in [0.1, 0.15) is 18.4 Å². The van der Waals surface area contributed by atoms with E-state index in [0.717, 1.165) is 57.2 Å². The monoisotopic (exact) mass is 481 g/mol. The highest BCUT2D eigenvalue weighted by molar-refractivity contribution is 7.92. The average Bonchev–Trinajstić information content (AvgIpc) is 2.71. The van der Waals surface area contributed by atoms with E-state index in [0.29, 0.717) is 23.9 Å². The van der Waals surface area contributed by atoms with Crippen molar-refractivity contribution in [2.75, 3.05) is 48.2 Å². The normalized spacial score (nSPS) is 17.6. The molecule has 32 heavy (non-hydrogen) atoms. The molecule has 8 nitrogen and oxygen atoms in total. The topological polar surface area (TPSA) is 105 Å². The molecule has 2 aromatic carbocycles. The van der Waals surface area contributed by atoms with E-state index in [1.165, 1.54) is 5.56 Å². The summed E-state index contributed by atoms with van der Waals surface area (Å²) in [5, 5.41) is 0. The van der Waals surface area contributed by atoms with Gasteiger partial charge in [0.15, 0.2) is 0 Å². The Morgan fingerprint density at radius 1 is 0.906 bits per heavy atom. The molecule has 0 radical (unpaired) electrons. The van der Waals surface area contributed by atoms with Crippen LogP contribution in [0.25, 0.3) is 0 Å². The lowest BCUT2D eigenvalue weighted by Crippen LogP contribution is -2.38. The Balaban J connectivity index is 1.43. The summed E-state index contributed by atoms with van der Waals surface area (Å²) in [5.41, 5.74) is 2.26. The van der Waals surface area contributed by atoms with Crippen molar-refractivity contribution in [1.82, 2.24) is 4.90 Å². The molecule has 1 atom stereocenters. The molecular weight excluding hydrogens is 450 g/mol. The second-order valence-electron chi connectivity index (χ2n) is 8.34. The molecule has 1 saturated heterocycles. The molecule has 0 amide bonds. The number of ether oxygens (including phenoxy) is 1. The quantitative estimate of drug-likeness (QED) is 0.541. The lowest BCUT2D eigenvalue weighted by atomic mass is 9.98. The first kappa shape index (κ1) is 24.3. The lowest BCUT2D eigenvalue weighted by Gasteiger charge is -2.32. The lowest BCUT2D eigenvalue weighted by molar-refractivity contribution is 0.131. The van der Waals surface area contributed by atoms with Crippen LogP contribution in [0.3, 0.4) is 0 Å². The minimum Gasteiger partial charge on any atom is -0.493 e. The predicted octanol–water partition coefficient (Wildman–Crippen LogP) is 2.76. The minimum atomic E-state index is -3.28. The SMILES string of the molecule is CS(=O)(=O)Nc1ccc(CCN2CCCC(COc3ccc(NS(C)(=O)=O)cc3)C2)cc1. The van der Waals surface area contributed by atoms with Crippen LogP contribution in [0.2, 0.25) is 0 Å². The van der Waals surface area contributed by atoms with E-state index < -0.39 is 20.0 Å². The molecular formula is C22H31N3O5S2. The van der Waals surface area contributed by atoms with E-state index in [4.69, 9.17) is 4.74 Å². The van der Waals surface area contributed by atoms with Gasteiger partial charge in [-0.3, -0.25) is 9.44 Å². The number of nitrogens with zero attached hydrogens (tertiary/aromatic N) is 1. The van der Waals surface area contributed by atoms with Crippen LogP contribution in [0, 0.1) is 5.92 Å². The van der Waals surface area contributed by atoms with Crippen molar-refractivity contribution in [2.24, 2.45) is 5.92 Å². The third-order valence-corrected chi connectivity index (χ3v) is 6.43. The average molecular weight is 482 g/mol. The van der Waals surface area contributed by atoms with Crippen molar-refractivity contribution in [2.45, 2.75) is 19.3 Å². The summed E-state index contributed by atoms with van der Waals surface area (Å²) < 4.78 is 56.0. The van der Waals surface area contributed by atoms with E-state index in [2.05, 4.69) is 14.3 Å². The van der Waals surface area contributed by atoms with Gasteiger partial charge in [0, 0.05) is 30.4 Å². The van der Waals surface area contributed by atoms with Crippen molar-refractivity contribution in [1.29, 1.82) is 0 Å². The number of sulfonamides is 2. The zero-order chi connectivity index (χ0) is 23.2. The summed E-state index contributed by atoms with van der Waals surface area (Å²) in [6.45, 7) is 3.61. The van der Waals surface area contributed by atoms with Gasteiger partial charge in [0.25, 0.3) is 0 Å². The molecule has 0 aliphatic carbocycles. The number of hydrogen-bond acceptors (Lipinski definition) is 6. The molecule has 3 rings (SSSR count). The second kappa shape index (κ2) is 10.5. The summed E-state index contributed by atoms with van der Waals surface area (Å²) in [7, 11) is -6.54. The Labute approximate surface area is 191 Å². The highest BCUT2D eigenvalue weighted by Crippen LogP contribution is 2.21. The number of nitrogens with one attached hydrogen (secondary N) is 2. The molecule has 0 saturated carbocycles. The molecule has 1 fully saturated rings. The molecule has 0 aromatic heterocycles. The second-order valence-corrected chi connectivity index (χ2v) is 11.8. The molecule has 1 heterocycles. The van der Waals surface area contributed by atoms with Gasteiger partial charge >= 0.3 is 0 Å². The van der Waals surface area contributed by atoms with Crippen LogP contribution in [0.5, 0.6) is 5.75 Å². The summed E-state index contributed by atoms with van der Waals surface area (Å²) in [6.07, 6.45) is 5.42. The van der Waals surface area contributed by atoms with Crippen LogP contribution < -0.4 is 14.2 Å². The summed E-state index contributed by atoms with van der Waals surface area (Å²) in [5.74, 6) is 1.17. The fourth-order valence-corrected chi connectivity index (χ4v) is 4.91. The molecule has 0 spiro atoms. The maximum Gasteiger partial charge on any atom is 0.229 e. The summed E-state index contributed by atoms with van der Waals surface area (Å²) >= 11 is 0. The van der Waals surface area contributed by atoms with Crippen LogP contribution in [0.15, 0.2) is 48.5 Å². The van der Waals surface area contributed by atoms with Gasteiger partial charge in [0.05, 0.1) is 19.1 Å². The number of anilines is 2. The zero-order valence-electron chi connectivity index (χ0n) is 18.5. The van der Waals surface area contributed by atoms with E-state index in [1.807, 2.05) is 12.1 Å². The molecule has 10 heteroatoms. The van der Waals surface area contributed by atoms with Crippen LogP contribution in [-0.2, 0) is 26.5 Å². The van der Waals surface area contributed by atoms with Gasteiger partial charge in [0.2, 0.25) is 20.0 Å². The highest BCUT2D eigenvalue weighted by Gasteiger charge is 2.20. The molecule has 2 aromatic rings. The third kappa shape index (κ3) is 8.68. The molecule has 1 aliphatic heterocycles. The fourth-order valence-electron chi connectivity index (χ4n) is 3.78. The first-order valence-corrected chi connectivity index (χ1v) is 14.3. The van der Waals surface area contributed by atoms with Crippen molar-refractivity contribution >= 4 is 31.4 Å². The van der Waals surface area contributed by atoms with Crippen molar-refractivity contribution < 1.29 is 21.6 Å². The number of rotatable bonds is 10. The number of likely N-dealkylation sites (tertiary alicyclic amines) is 1. The van der Waals surface area contributed by atoms with Gasteiger partial charge in [-0.2, -0.15) is 0 Å². The van der Waals surface area contributed by atoms with Gasteiger partial charge in [-0.05, 0) is 67.8 Å². The molecule has 1 aliphatic rings. The Kier molecular flexibility index (Phi) is 8.02. The molecule has 176 valence electrons. The number of piperidine rings is 1. The molecule has 1 unspecified atom stereocenters. The standard InChI is InChI=1S/C22H31N3O5S2/c1-31(26,27)23-20-7-5-18(6-8-20)13-15-25-14-3-4-19(16-25)17-30-22-11-9-21(10-12-22)24-32(2,28)29/h5-12,19,23-24H,3-4,13-17H2,1-2H3. The summed E-state index contributed by atoms with van der Waals surface area (Å²) in [6, 6.07) is 14.4. The number of hydrogen-bond donors (Lipinski definition) is 2. The minimum absolute atomic E-state index is 0.443. The Morgan fingerprint density at radius 3 is 2.03 bits per heavy atom. The van der Waals surface area contributed by atoms with Crippen LogP contribution in [0.4, 0.5) is 11.4 Å². The fraction of sp³-hybridized carbons (Fsp3) is 0.455.